The van der Waals surface area contributed by atoms with E-state index in [-0.39, 0.29) is 18.6 Å². The molecule has 0 aliphatic carbocycles. The highest BCUT2D eigenvalue weighted by Crippen LogP contribution is 2.13. The molecule has 1 amide bonds. The third kappa shape index (κ3) is 4.71. The van der Waals surface area contributed by atoms with Gasteiger partial charge in [0.15, 0.2) is 0 Å². The molecule has 1 aromatic rings. The number of amides is 1. The number of rotatable bonds is 5. The lowest BCUT2D eigenvalue weighted by atomic mass is 10.0. The van der Waals surface area contributed by atoms with Crippen LogP contribution in [0.5, 0.6) is 0 Å². The topological polar surface area (TPSA) is 49.3 Å². The van der Waals surface area contributed by atoms with Crippen molar-refractivity contribution in [1.82, 2.24) is 5.32 Å². The minimum atomic E-state index is -0.177. The van der Waals surface area contributed by atoms with Gasteiger partial charge in [-0.05, 0) is 38.0 Å². The first-order chi connectivity index (χ1) is 9.60. The molecule has 2 N–H and O–H groups in total. The molecule has 0 aliphatic heterocycles. The lowest BCUT2D eigenvalue weighted by Crippen LogP contribution is -2.33. The Balaban J connectivity index is 2.83. The molecule has 108 valence electrons. The normalized spacial score (nSPS) is 11.4. The van der Waals surface area contributed by atoms with E-state index in [1.54, 1.807) is 6.07 Å². The maximum atomic E-state index is 12.3. The van der Waals surface area contributed by atoms with Gasteiger partial charge in [-0.25, -0.2) is 0 Å². The molecule has 0 bridgehead atoms. The van der Waals surface area contributed by atoms with Crippen LogP contribution < -0.4 is 5.32 Å². The fourth-order valence-corrected chi connectivity index (χ4v) is 2.04. The van der Waals surface area contributed by atoms with E-state index < -0.39 is 0 Å². The smallest absolute Gasteiger partial charge is 0.251 e. The molecule has 0 fully saturated rings. The summed E-state index contributed by atoms with van der Waals surface area (Å²) in [5.74, 6) is 5.42. The van der Waals surface area contributed by atoms with Crippen molar-refractivity contribution in [1.29, 1.82) is 0 Å². The Bertz CT molecular complexity index is 511. The fraction of sp³-hybridized carbons (Fsp3) is 0.471. The Morgan fingerprint density at radius 1 is 1.45 bits per heavy atom. The Kier molecular flexibility index (Phi) is 6.83. The molecular weight excluding hydrogens is 250 g/mol. The predicted octanol–water partition coefficient (Wildman–Crippen LogP) is 2.65. The molecular formula is C17H23NO2. The summed E-state index contributed by atoms with van der Waals surface area (Å²) >= 11 is 0. The fourth-order valence-electron chi connectivity index (χ4n) is 2.04. The van der Waals surface area contributed by atoms with E-state index in [4.69, 9.17) is 5.11 Å². The second kappa shape index (κ2) is 8.39. The summed E-state index contributed by atoms with van der Waals surface area (Å²) in [5, 5.41) is 11.8. The number of aliphatic hydroxyl groups is 1. The summed E-state index contributed by atoms with van der Waals surface area (Å²) in [6.45, 7) is 5.87. The van der Waals surface area contributed by atoms with Crippen LogP contribution in [-0.4, -0.2) is 23.7 Å². The van der Waals surface area contributed by atoms with Crippen LogP contribution in [0.4, 0.5) is 0 Å². The van der Waals surface area contributed by atoms with Gasteiger partial charge in [0.1, 0.15) is 6.61 Å². The summed E-state index contributed by atoms with van der Waals surface area (Å²) in [4.78, 5) is 12.3. The van der Waals surface area contributed by atoms with Gasteiger partial charge in [-0.15, -0.1) is 0 Å². The molecule has 1 atom stereocenters. The maximum Gasteiger partial charge on any atom is 0.251 e. The number of unbranched alkanes of at least 4 members (excludes halogenated alkanes) is 1. The zero-order valence-electron chi connectivity index (χ0n) is 12.5. The van der Waals surface area contributed by atoms with Crippen molar-refractivity contribution in [3.63, 3.8) is 0 Å². The van der Waals surface area contributed by atoms with Crippen molar-refractivity contribution >= 4 is 5.91 Å². The van der Waals surface area contributed by atoms with Crippen LogP contribution in [0.2, 0.25) is 0 Å². The minimum Gasteiger partial charge on any atom is -0.384 e. The van der Waals surface area contributed by atoms with Crippen LogP contribution in [0.15, 0.2) is 18.2 Å². The van der Waals surface area contributed by atoms with E-state index in [0.29, 0.717) is 5.56 Å². The van der Waals surface area contributed by atoms with Crippen LogP contribution in [0.1, 0.15) is 54.6 Å². The van der Waals surface area contributed by atoms with Crippen molar-refractivity contribution in [2.45, 2.75) is 46.1 Å². The molecule has 3 nitrogen and oxygen atoms in total. The Morgan fingerprint density at radius 3 is 2.85 bits per heavy atom. The van der Waals surface area contributed by atoms with Crippen LogP contribution in [0.25, 0.3) is 0 Å². The van der Waals surface area contributed by atoms with Gasteiger partial charge in [-0.2, -0.15) is 0 Å². The summed E-state index contributed by atoms with van der Waals surface area (Å²) in [5.41, 5.74) is 2.29. The van der Waals surface area contributed by atoms with E-state index >= 15 is 0 Å². The number of hydrogen-bond donors (Lipinski definition) is 2. The molecule has 0 spiro atoms. The maximum absolute atomic E-state index is 12.3. The number of aliphatic hydroxyl groups excluding tert-OH is 1. The van der Waals surface area contributed by atoms with E-state index in [9.17, 15) is 4.79 Å². The van der Waals surface area contributed by atoms with E-state index in [0.717, 1.165) is 30.4 Å². The van der Waals surface area contributed by atoms with Crippen molar-refractivity contribution in [2.75, 3.05) is 6.61 Å². The molecule has 0 radical (unpaired) electrons. The number of nitrogens with one attached hydrogen (secondary N) is 1. The Labute approximate surface area is 121 Å². The van der Waals surface area contributed by atoms with Gasteiger partial charge in [0.2, 0.25) is 0 Å². The van der Waals surface area contributed by atoms with Crippen LogP contribution in [-0.2, 0) is 0 Å². The predicted molar refractivity (Wildman–Crippen MR) is 81.6 cm³/mol. The molecule has 0 saturated heterocycles. The summed E-state index contributed by atoms with van der Waals surface area (Å²) in [6.07, 6.45) is 3.24. The third-order valence-corrected chi connectivity index (χ3v) is 3.25. The molecule has 0 aromatic heterocycles. The van der Waals surface area contributed by atoms with Gasteiger partial charge in [-0.3, -0.25) is 4.79 Å². The van der Waals surface area contributed by atoms with Crippen molar-refractivity contribution in [3.05, 3.63) is 34.9 Å². The summed E-state index contributed by atoms with van der Waals surface area (Å²) in [6, 6.07) is 5.66. The minimum absolute atomic E-state index is 0.0567. The lowest BCUT2D eigenvalue weighted by Gasteiger charge is -2.15. The first-order valence-electron chi connectivity index (χ1n) is 7.10. The highest BCUT2D eigenvalue weighted by Gasteiger charge is 2.13. The molecule has 1 rings (SSSR count). The zero-order chi connectivity index (χ0) is 15.0. The van der Waals surface area contributed by atoms with Gasteiger partial charge in [-0.1, -0.05) is 37.7 Å². The first kappa shape index (κ1) is 16.3. The second-order valence-electron chi connectivity index (χ2n) is 4.95. The van der Waals surface area contributed by atoms with Gasteiger partial charge in [0, 0.05) is 17.2 Å². The number of carbonyl (C=O) groups excluding carboxylic acids is 1. The average Bonchev–Trinajstić information content (AvgIpc) is 2.43. The van der Waals surface area contributed by atoms with Gasteiger partial charge in [0.25, 0.3) is 5.91 Å². The quantitative estimate of drug-likeness (QED) is 0.810. The highest BCUT2D eigenvalue weighted by molar-refractivity contribution is 5.96. The molecule has 1 unspecified atom stereocenters. The van der Waals surface area contributed by atoms with E-state index in [1.807, 2.05) is 26.0 Å². The SMILES string of the molecule is CCCCC(C)NC(=O)c1cccc(C#CCO)c1C. The Hall–Kier alpha value is -1.79. The van der Waals surface area contributed by atoms with Gasteiger partial charge in [0.05, 0.1) is 0 Å². The summed E-state index contributed by atoms with van der Waals surface area (Å²) in [7, 11) is 0. The molecule has 20 heavy (non-hydrogen) atoms. The average molecular weight is 273 g/mol. The van der Waals surface area contributed by atoms with E-state index in [1.165, 1.54) is 0 Å². The highest BCUT2D eigenvalue weighted by atomic mass is 16.2. The zero-order valence-corrected chi connectivity index (χ0v) is 12.5. The molecule has 0 heterocycles. The molecule has 3 heteroatoms. The molecule has 1 aromatic carbocycles. The first-order valence-corrected chi connectivity index (χ1v) is 7.10. The Morgan fingerprint density at radius 2 is 2.20 bits per heavy atom. The number of carbonyl (C=O) groups is 1. The van der Waals surface area contributed by atoms with Crippen molar-refractivity contribution in [3.8, 4) is 11.8 Å². The standard InChI is InChI=1S/C17H23NO2/c1-4-5-8-13(2)18-17(20)16-11-6-9-15(14(16)3)10-7-12-19/h6,9,11,13,19H,4-5,8,12H2,1-3H3,(H,18,20). The van der Waals surface area contributed by atoms with Crippen LogP contribution >= 0.6 is 0 Å². The lowest BCUT2D eigenvalue weighted by molar-refractivity contribution is 0.0937. The number of hydrogen-bond acceptors (Lipinski definition) is 2. The van der Waals surface area contributed by atoms with Crippen LogP contribution in [0, 0.1) is 18.8 Å². The largest absolute Gasteiger partial charge is 0.384 e. The second-order valence-corrected chi connectivity index (χ2v) is 4.95. The monoisotopic (exact) mass is 273 g/mol. The van der Waals surface area contributed by atoms with Gasteiger partial charge < -0.3 is 10.4 Å². The third-order valence-electron chi connectivity index (χ3n) is 3.25. The number of benzene rings is 1. The van der Waals surface area contributed by atoms with Crippen molar-refractivity contribution < 1.29 is 9.90 Å². The van der Waals surface area contributed by atoms with Crippen LogP contribution in [0.3, 0.4) is 0 Å². The molecule has 0 saturated carbocycles. The van der Waals surface area contributed by atoms with E-state index in [2.05, 4.69) is 24.1 Å². The summed E-state index contributed by atoms with van der Waals surface area (Å²) < 4.78 is 0. The van der Waals surface area contributed by atoms with Crippen molar-refractivity contribution in [2.24, 2.45) is 0 Å². The molecule has 0 aliphatic rings. The van der Waals surface area contributed by atoms with Gasteiger partial charge >= 0.3 is 0 Å².